The van der Waals surface area contributed by atoms with Gasteiger partial charge in [-0.05, 0) is 24.6 Å². The predicted octanol–water partition coefficient (Wildman–Crippen LogP) is 4.00. The summed E-state index contributed by atoms with van der Waals surface area (Å²) in [6, 6.07) is 18.7. The minimum Gasteiger partial charge on any atom is -0.424 e. The number of anilines is 1. The average molecular weight is 238 g/mol. The van der Waals surface area contributed by atoms with Crippen molar-refractivity contribution in [3.05, 3.63) is 60.2 Å². The highest BCUT2D eigenvalue weighted by Gasteiger charge is 2.09. The Morgan fingerprint density at radius 2 is 1.72 bits per heavy atom. The maximum Gasteiger partial charge on any atom is 0.296 e. The SMILES string of the molecule is CC(Nc1nc2ccccc2o1)c1ccccc1. The number of fused-ring (bicyclic) bond motifs is 1. The molecule has 3 rings (SSSR count). The molecule has 3 nitrogen and oxygen atoms in total. The maximum atomic E-state index is 5.64. The van der Waals surface area contributed by atoms with Gasteiger partial charge in [0.05, 0.1) is 6.04 Å². The highest BCUT2D eigenvalue weighted by molar-refractivity contribution is 5.74. The zero-order valence-electron chi connectivity index (χ0n) is 10.1. The van der Waals surface area contributed by atoms with Crippen molar-refractivity contribution < 1.29 is 4.42 Å². The molecule has 1 heterocycles. The molecule has 1 unspecified atom stereocenters. The van der Waals surface area contributed by atoms with Gasteiger partial charge in [-0.15, -0.1) is 0 Å². The van der Waals surface area contributed by atoms with Crippen molar-refractivity contribution in [3.63, 3.8) is 0 Å². The van der Waals surface area contributed by atoms with E-state index < -0.39 is 0 Å². The molecule has 0 bridgehead atoms. The summed E-state index contributed by atoms with van der Waals surface area (Å²) in [5.74, 6) is 0. The number of rotatable bonds is 3. The Bertz CT molecular complexity index is 613. The third kappa shape index (κ3) is 2.07. The van der Waals surface area contributed by atoms with Crippen LogP contribution in [0.25, 0.3) is 11.1 Å². The Balaban J connectivity index is 1.84. The van der Waals surface area contributed by atoms with E-state index >= 15 is 0 Å². The van der Waals surface area contributed by atoms with Crippen molar-refractivity contribution in [2.75, 3.05) is 5.32 Å². The lowest BCUT2D eigenvalue weighted by atomic mass is 10.1. The molecule has 1 N–H and O–H groups in total. The van der Waals surface area contributed by atoms with E-state index in [0.29, 0.717) is 6.01 Å². The second-order valence-corrected chi connectivity index (χ2v) is 4.26. The van der Waals surface area contributed by atoms with Crippen LogP contribution >= 0.6 is 0 Å². The highest BCUT2D eigenvalue weighted by Crippen LogP contribution is 2.22. The van der Waals surface area contributed by atoms with E-state index in [1.54, 1.807) is 0 Å². The zero-order valence-corrected chi connectivity index (χ0v) is 10.1. The molecule has 1 aromatic heterocycles. The lowest BCUT2D eigenvalue weighted by Gasteiger charge is -2.11. The standard InChI is InChI=1S/C15H14N2O/c1-11(12-7-3-2-4-8-12)16-15-17-13-9-5-6-10-14(13)18-15/h2-11H,1H3,(H,16,17). The monoisotopic (exact) mass is 238 g/mol. The molecule has 3 aromatic rings. The normalized spacial score (nSPS) is 12.5. The molecule has 3 heteroatoms. The summed E-state index contributed by atoms with van der Waals surface area (Å²) < 4.78 is 5.64. The number of hydrogen-bond donors (Lipinski definition) is 1. The molecule has 90 valence electrons. The number of hydrogen-bond acceptors (Lipinski definition) is 3. The van der Waals surface area contributed by atoms with Crippen LogP contribution in [-0.2, 0) is 0 Å². The van der Waals surface area contributed by atoms with Crippen LogP contribution in [0, 0.1) is 0 Å². The smallest absolute Gasteiger partial charge is 0.296 e. The molecule has 0 saturated carbocycles. The van der Waals surface area contributed by atoms with Gasteiger partial charge in [-0.1, -0.05) is 42.5 Å². The van der Waals surface area contributed by atoms with Crippen LogP contribution in [-0.4, -0.2) is 4.98 Å². The molecule has 0 aliphatic heterocycles. The number of benzene rings is 2. The van der Waals surface area contributed by atoms with Crippen LogP contribution in [0.15, 0.2) is 59.0 Å². The molecule has 18 heavy (non-hydrogen) atoms. The van der Waals surface area contributed by atoms with Crippen LogP contribution < -0.4 is 5.32 Å². The second kappa shape index (κ2) is 4.53. The molecule has 0 saturated heterocycles. The highest BCUT2D eigenvalue weighted by atomic mass is 16.4. The number of nitrogens with one attached hydrogen (secondary N) is 1. The molecule has 0 radical (unpaired) electrons. The van der Waals surface area contributed by atoms with Gasteiger partial charge in [-0.2, -0.15) is 4.98 Å². The van der Waals surface area contributed by atoms with Crippen LogP contribution in [0.4, 0.5) is 6.01 Å². The van der Waals surface area contributed by atoms with E-state index in [-0.39, 0.29) is 6.04 Å². The average Bonchev–Trinajstić information content (AvgIpc) is 2.82. The van der Waals surface area contributed by atoms with Crippen LogP contribution in [0.3, 0.4) is 0 Å². The summed E-state index contributed by atoms with van der Waals surface area (Å²) in [6.07, 6.45) is 0. The number of nitrogens with zero attached hydrogens (tertiary/aromatic N) is 1. The topological polar surface area (TPSA) is 38.1 Å². The number of aromatic nitrogens is 1. The molecule has 0 spiro atoms. The quantitative estimate of drug-likeness (QED) is 0.749. The fourth-order valence-corrected chi connectivity index (χ4v) is 1.94. The van der Waals surface area contributed by atoms with E-state index in [1.165, 1.54) is 5.56 Å². The third-order valence-corrected chi connectivity index (χ3v) is 2.93. The number of para-hydroxylation sites is 2. The Labute approximate surface area is 105 Å². The summed E-state index contributed by atoms with van der Waals surface area (Å²) in [5.41, 5.74) is 2.89. The molecule has 0 amide bonds. The Kier molecular flexibility index (Phi) is 2.73. The first-order valence-corrected chi connectivity index (χ1v) is 6.00. The van der Waals surface area contributed by atoms with Crippen molar-refractivity contribution in [3.8, 4) is 0 Å². The van der Waals surface area contributed by atoms with Crippen molar-refractivity contribution in [1.29, 1.82) is 0 Å². The zero-order chi connectivity index (χ0) is 12.4. The fourth-order valence-electron chi connectivity index (χ4n) is 1.94. The van der Waals surface area contributed by atoms with Gasteiger partial charge in [0.2, 0.25) is 0 Å². The van der Waals surface area contributed by atoms with Crippen molar-refractivity contribution in [1.82, 2.24) is 4.98 Å². The predicted molar refractivity (Wildman–Crippen MR) is 72.5 cm³/mol. The number of oxazole rings is 1. The lowest BCUT2D eigenvalue weighted by molar-refractivity contribution is 0.604. The van der Waals surface area contributed by atoms with E-state index in [2.05, 4.69) is 29.4 Å². The van der Waals surface area contributed by atoms with E-state index in [0.717, 1.165) is 11.1 Å². The Hall–Kier alpha value is -2.29. The van der Waals surface area contributed by atoms with E-state index in [1.807, 2.05) is 42.5 Å². The molecule has 0 fully saturated rings. The van der Waals surface area contributed by atoms with Gasteiger partial charge in [-0.25, -0.2) is 0 Å². The first-order valence-electron chi connectivity index (χ1n) is 6.00. The maximum absolute atomic E-state index is 5.64. The minimum absolute atomic E-state index is 0.166. The molecule has 1 atom stereocenters. The van der Waals surface area contributed by atoms with Gasteiger partial charge in [0.1, 0.15) is 5.52 Å². The summed E-state index contributed by atoms with van der Waals surface area (Å²) in [4.78, 5) is 4.40. The molecule has 0 aliphatic rings. The van der Waals surface area contributed by atoms with E-state index in [9.17, 15) is 0 Å². The fraction of sp³-hybridized carbons (Fsp3) is 0.133. The molecular formula is C15H14N2O. The van der Waals surface area contributed by atoms with Gasteiger partial charge in [0, 0.05) is 0 Å². The molecular weight excluding hydrogens is 224 g/mol. The van der Waals surface area contributed by atoms with Crippen molar-refractivity contribution >= 4 is 17.1 Å². The summed E-state index contributed by atoms with van der Waals surface area (Å²) in [6.45, 7) is 2.09. The molecule has 2 aromatic carbocycles. The van der Waals surface area contributed by atoms with Gasteiger partial charge in [0.25, 0.3) is 6.01 Å². The van der Waals surface area contributed by atoms with Crippen LogP contribution in [0.1, 0.15) is 18.5 Å². The van der Waals surface area contributed by atoms with Gasteiger partial charge < -0.3 is 9.73 Å². The summed E-state index contributed by atoms with van der Waals surface area (Å²) in [7, 11) is 0. The first kappa shape index (κ1) is 10.8. The van der Waals surface area contributed by atoms with Crippen LogP contribution in [0.2, 0.25) is 0 Å². The second-order valence-electron chi connectivity index (χ2n) is 4.26. The van der Waals surface area contributed by atoms with Crippen molar-refractivity contribution in [2.24, 2.45) is 0 Å². The summed E-state index contributed by atoms with van der Waals surface area (Å²) in [5, 5.41) is 3.27. The van der Waals surface area contributed by atoms with Crippen molar-refractivity contribution in [2.45, 2.75) is 13.0 Å². The first-order chi connectivity index (χ1) is 8.83. The Morgan fingerprint density at radius 1 is 1.00 bits per heavy atom. The van der Waals surface area contributed by atoms with Gasteiger partial charge >= 0.3 is 0 Å². The summed E-state index contributed by atoms with van der Waals surface area (Å²) >= 11 is 0. The third-order valence-electron chi connectivity index (χ3n) is 2.93. The minimum atomic E-state index is 0.166. The van der Waals surface area contributed by atoms with Gasteiger partial charge in [0.15, 0.2) is 5.58 Å². The van der Waals surface area contributed by atoms with E-state index in [4.69, 9.17) is 4.42 Å². The van der Waals surface area contributed by atoms with Crippen LogP contribution in [0.5, 0.6) is 0 Å². The Morgan fingerprint density at radius 3 is 2.50 bits per heavy atom. The lowest BCUT2D eigenvalue weighted by Crippen LogP contribution is -2.06. The van der Waals surface area contributed by atoms with Gasteiger partial charge in [-0.3, -0.25) is 0 Å². The largest absolute Gasteiger partial charge is 0.424 e. The molecule has 0 aliphatic carbocycles.